The highest BCUT2D eigenvalue weighted by Crippen LogP contribution is 2.19. The van der Waals surface area contributed by atoms with Crippen molar-refractivity contribution < 1.29 is 26.1 Å². The number of hydrogen-bond acceptors (Lipinski definition) is 3. The van der Waals surface area contributed by atoms with Crippen LogP contribution in [0.15, 0.2) is 18.2 Å². The van der Waals surface area contributed by atoms with Gasteiger partial charge in [-0.3, -0.25) is 0 Å². The fourth-order valence-corrected chi connectivity index (χ4v) is 2.89. The van der Waals surface area contributed by atoms with Crippen LogP contribution in [0.25, 0.3) is 0 Å². The molecule has 0 bridgehead atoms. The van der Waals surface area contributed by atoms with E-state index in [4.69, 9.17) is 4.74 Å². The van der Waals surface area contributed by atoms with E-state index in [1.807, 2.05) is 0 Å². The van der Waals surface area contributed by atoms with E-state index >= 15 is 0 Å². The Morgan fingerprint density at radius 3 is 2.35 bits per heavy atom. The molecule has 20 heavy (non-hydrogen) atoms. The Kier molecular flexibility index (Phi) is 5.50. The maximum atomic E-state index is 12.5. The Morgan fingerprint density at radius 1 is 1.20 bits per heavy atom. The molecular weight excluding hydrogens is 292 g/mol. The Morgan fingerprint density at radius 2 is 1.85 bits per heavy atom. The van der Waals surface area contributed by atoms with E-state index in [9.17, 15) is 21.4 Å². The molecule has 0 aliphatic carbocycles. The fraction of sp³-hybridized carbons (Fsp3) is 0.500. The molecule has 8 heteroatoms. The van der Waals surface area contributed by atoms with Crippen molar-refractivity contribution in [1.29, 1.82) is 0 Å². The highest BCUT2D eigenvalue weighted by molar-refractivity contribution is 7.91. The molecule has 0 aliphatic rings. The van der Waals surface area contributed by atoms with Crippen molar-refractivity contribution in [3.05, 3.63) is 23.8 Å². The zero-order valence-corrected chi connectivity index (χ0v) is 12.2. The van der Waals surface area contributed by atoms with Crippen molar-refractivity contribution in [1.82, 2.24) is 0 Å². The lowest BCUT2D eigenvalue weighted by Crippen LogP contribution is -2.34. The smallest absolute Gasteiger partial charge is 0.492 e. The average Bonchev–Trinajstić information content (AvgIpc) is 2.29. The first-order valence-electron chi connectivity index (χ1n) is 6.29. The summed E-state index contributed by atoms with van der Waals surface area (Å²) in [6.07, 6.45) is 0.531. The number of aryl methyl sites for hydroxylation is 1. The van der Waals surface area contributed by atoms with E-state index in [0.29, 0.717) is 12.0 Å². The van der Waals surface area contributed by atoms with Crippen LogP contribution < -0.4 is 10.2 Å². The van der Waals surface area contributed by atoms with Gasteiger partial charge in [-0.2, -0.15) is 0 Å². The van der Waals surface area contributed by atoms with E-state index in [1.165, 1.54) is 13.0 Å². The molecule has 0 atom stereocenters. The molecule has 0 saturated heterocycles. The van der Waals surface area contributed by atoms with Crippen molar-refractivity contribution in [2.45, 2.75) is 20.3 Å². The van der Waals surface area contributed by atoms with Gasteiger partial charge in [-0.15, -0.1) is 5.46 Å². The van der Waals surface area contributed by atoms with E-state index in [2.05, 4.69) is 0 Å². The Hall–Kier alpha value is -1.18. The van der Waals surface area contributed by atoms with Crippen molar-refractivity contribution in [2.75, 3.05) is 18.1 Å². The number of benzene rings is 1. The first-order valence-corrected chi connectivity index (χ1v) is 8.11. The molecule has 0 fully saturated rings. The molecule has 0 aliphatic heterocycles. The SMILES string of the molecule is CCCS(=O)(=O)CCOc1ccc([B-](F)(F)F)cc1C. The van der Waals surface area contributed by atoms with Crippen LogP contribution >= 0.6 is 0 Å². The molecule has 1 aromatic rings. The molecule has 0 unspecified atom stereocenters. The molecule has 3 nitrogen and oxygen atoms in total. The second kappa shape index (κ2) is 6.52. The minimum atomic E-state index is -5.03. The molecular formula is C12H17BF3O3S-. The highest BCUT2D eigenvalue weighted by Gasteiger charge is 2.25. The first kappa shape index (κ1) is 16.9. The van der Waals surface area contributed by atoms with Crippen molar-refractivity contribution >= 4 is 22.3 Å². The lowest BCUT2D eigenvalue weighted by atomic mass is 9.79. The van der Waals surface area contributed by atoms with Gasteiger partial charge in [0.2, 0.25) is 0 Å². The van der Waals surface area contributed by atoms with Gasteiger partial charge in [0.25, 0.3) is 0 Å². The predicted octanol–water partition coefficient (Wildman–Crippen LogP) is 2.25. The van der Waals surface area contributed by atoms with Crippen molar-refractivity contribution in [3.8, 4) is 5.75 Å². The number of hydrogen-bond donors (Lipinski definition) is 0. The summed E-state index contributed by atoms with van der Waals surface area (Å²) in [5, 5.41) is 0. The van der Waals surface area contributed by atoms with Gasteiger partial charge in [0.15, 0.2) is 9.84 Å². The van der Waals surface area contributed by atoms with Gasteiger partial charge >= 0.3 is 6.98 Å². The Labute approximate surface area is 117 Å². The maximum absolute atomic E-state index is 12.5. The largest absolute Gasteiger partial charge is 0.509 e. The average molecular weight is 309 g/mol. The molecule has 0 N–H and O–H groups in total. The van der Waals surface area contributed by atoms with Crippen LogP contribution in [0.3, 0.4) is 0 Å². The Bertz CT molecular complexity index is 556. The summed E-state index contributed by atoms with van der Waals surface area (Å²) < 4.78 is 65.8. The van der Waals surface area contributed by atoms with E-state index in [-0.39, 0.29) is 23.9 Å². The second-order valence-corrected chi connectivity index (χ2v) is 6.90. The molecule has 0 spiro atoms. The zero-order chi connectivity index (χ0) is 15.4. The zero-order valence-electron chi connectivity index (χ0n) is 11.4. The first-order chi connectivity index (χ1) is 9.15. The summed E-state index contributed by atoms with van der Waals surface area (Å²) in [6.45, 7) is -1.82. The normalized spacial score (nSPS) is 12.4. The lowest BCUT2D eigenvalue weighted by molar-refractivity contribution is 0.338. The summed E-state index contributed by atoms with van der Waals surface area (Å²) in [7, 11) is -3.15. The van der Waals surface area contributed by atoms with Crippen LogP contribution in [0, 0.1) is 6.92 Å². The summed E-state index contributed by atoms with van der Waals surface area (Å²) >= 11 is 0. The summed E-state index contributed by atoms with van der Waals surface area (Å²) in [6, 6.07) is 3.19. The van der Waals surface area contributed by atoms with Crippen LogP contribution in [-0.2, 0) is 9.84 Å². The van der Waals surface area contributed by atoms with Crippen LogP contribution in [0.5, 0.6) is 5.75 Å². The van der Waals surface area contributed by atoms with Crippen molar-refractivity contribution in [2.24, 2.45) is 0 Å². The molecule has 1 aromatic carbocycles. The lowest BCUT2D eigenvalue weighted by Gasteiger charge is -2.17. The summed E-state index contributed by atoms with van der Waals surface area (Å²) in [5.74, 6) is 0.233. The number of rotatable bonds is 7. The number of ether oxygens (including phenoxy) is 1. The molecule has 0 amide bonds. The highest BCUT2D eigenvalue weighted by atomic mass is 32.2. The summed E-state index contributed by atoms with van der Waals surface area (Å²) in [5.41, 5.74) is -0.344. The molecule has 114 valence electrons. The van der Waals surface area contributed by atoms with Gasteiger partial charge < -0.3 is 17.7 Å². The van der Waals surface area contributed by atoms with Crippen LogP contribution in [0.4, 0.5) is 12.9 Å². The van der Waals surface area contributed by atoms with E-state index < -0.39 is 22.3 Å². The molecule has 0 heterocycles. The Balaban J connectivity index is 2.67. The topological polar surface area (TPSA) is 43.4 Å². The molecule has 0 aromatic heterocycles. The van der Waals surface area contributed by atoms with Crippen LogP contribution in [0.2, 0.25) is 0 Å². The third kappa shape index (κ3) is 5.07. The van der Waals surface area contributed by atoms with E-state index in [1.54, 1.807) is 6.92 Å². The van der Waals surface area contributed by atoms with Gasteiger partial charge in [0.05, 0.1) is 11.5 Å². The van der Waals surface area contributed by atoms with Crippen molar-refractivity contribution in [3.63, 3.8) is 0 Å². The van der Waals surface area contributed by atoms with Crippen LogP contribution in [-0.4, -0.2) is 33.5 Å². The molecule has 0 saturated carbocycles. The minimum Gasteiger partial charge on any atom is -0.492 e. The third-order valence-corrected chi connectivity index (χ3v) is 4.56. The monoisotopic (exact) mass is 309 g/mol. The van der Waals surface area contributed by atoms with Gasteiger partial charge in [-0.05, 0) is 25.0 Å². The number of halogens is 3. The number of sulfone groups is 1. The minimum absolute atomic E-state index is 0.0559. The molecule has 1 rings (SSSR count). The maximum Gasteiger partial charge on any atom is 0.509 e. The quantitative estimate of drug-likeness (QED) is 0.726. The molecule has 0 radical (unpaired) electrons. The van der Waals surface area contributed by atoms with Gasteiger partial charge in [-0.25, -0.2) is 8.42 Å². The fourth-order valence-electron chi connectivity index (χ4n) is 1.73. The van der Waals surface area contributed by atoms with Gasteiger partial charge in [-0.1, -0.05) is 19.1 Å². The third-order valence-electron chi connectivity index (χ3n) is 2.74. The van der Waals surface area contributed by atoms with Crippen LogP contribution in [0.1, 0.15) is 18.9 Å². The van der Waals surface area contributed by atoms with Gasteiger partial charge in [0, 0.05) is 0 Å². The predicted molar refractivity (Wildman–Crippen MR) is 74.3 cm³/mol. The second-order valence-electron chi connectivity index (χ2n) is 4.60. The summed E-state index contributed by atoms with van der Waals surface area (Å²) in [4.78, 5) is 0. The standard InChI is InChI=1S/C12H17BF3O3S/c1-3-7-20(17,18)8-6-19-12-5-4-11(9-10(12)2)13(14,15)16/h4-5,9H,3,6-8H2,1-2H3/q-1. The van der Waals surface area contributed by atoms with E-state index in [0.717, 1.165) is 12.1 Å². The van der Waals surface area contributed by atoms with Gasteiger partial charge in [0.1, 0.15) is 12.4 Å².